The Balaban J connectivity index is 1.73. The normalized spacial score (nSPS) is 43.6. The van der Waals surface area contributed by atoms with Gasteiger partial charge in [-0.05, 0) is 66.8 Å². The molecule has 0 unspecified atom stereocenters. The summed E-state index contributed by atoms with van der Waals surface area (Å²) >= 11 is 0. The quantitative estimate of drug-likeness (QED) is 0.269. The summed E-state index contributed by atoms with van der Waals surface area (Å²) in [6.45, 7) is 8.69. The molecule has 0 amide bonds. The third-order valence-electron chi connectivity index (χ3n) is 8.91. The van der Waals surface area contributed by atoms with Gasteiger partial charge >= 0.3 is 0 Å². The Bertz CT molecular complexity index is 724. The smallest absolute Gasteiger partial charge is 0.186 e. The first-order chi connectivity index (χ1) is 16.1. The zero-order valence-electron chi connectivity index (χ0n) is 20.6. The molecule has 6 N–H and O–H groups in total. The molecule has 1 heterocycles. The maximum Gasteiger partial charge on any atom is 0.186 e. The van der Waals surface area contributed by atoms with Gasteiger partial charge in [-0.25, -0.2) is 0 Å². The number of ether oxygens (including phenoxy) is 2. The van der Waals surface area contributed by atoms with E-state index in [9.17, 15) is 30.6 Å². The number of hydrogen-bond acceptors (Lipinski definition) is 8. The lowest BCUT2D eigenvalue weighted by molar-refractivity contribution is -0.309. The van der Waals surface area contributed by atoms with Crippen molar-refractivity contribution in [3.05, 3.63) is 23.8 Å². The molecule has 196 valence electrons. The van der Waals surface area contributed by atoms with E-state index in [0.717, 1.165) is 50.5 Å². The predicted molar refractivity (Wildman–Crippen MR) is 127 cm³/mol. The van der Waals surface area contributed by atoms with Crippen LogP contribution in [-0.2, 0) is 9.47 Å². The van der Waals surface area contributed by atoms with Gasteiger partial charge in [-0.2, -0.15) is 0 Å². The van der Waals surface area contributed by atoms with Gasteiger partial charge in [-0.1, -0.05) is 38.5 Å². The summed E-state index contributed by atoms with van der Waals surface area (Å²) in [6.07, 6.45) is 1.94. The molecule has 2 aliphatic carbocycles. The number of fused-ring (bicyclic) bond motifs is 1. The van der Waals surface area contributed by atoms with Gasteiger partial charge in [0.05, 0.1) is 26.4 Å². The van der Waals surface area contributed by atoms with Crippen LogP contribution in [0.2, 0.25) is 0 Å². The molecule has 0 radical (unpaired) electrons. The lowest BCUT2D eigenvalue weighted by atomic mass is 9.47. The van der Waals surface area contributed by atoms with E-state index in [0.29, 0.717) is 18.4 Å². The minimum atomic E-state index is -1.45. The van der Waals surface area contributed by atoms with E-state index in [2.05, 4.69) is 20.4 Å². The highest BCUT2D eigenvalue weighted by Gasteiger charge is 2.55. The Labute approximate surface area is 202 Å². The predicted octanol–water partition coefficient (Wildman–Crippen LogP) is 1.27. The molecule has 34 heavy (non-hydrogen) atoms. The second kappa shape index (κ2) is 11.5. The van der Waals surface area contributed by atoms with Gasteiger partial charge in [0.15, 0.2) is 6.29 Å². The highest BCUT2D eigenvalue weighted by Crippen LogP contribution is 2.62. The molecule has 0 spiro atoms. The second-order valence-electron chi connectivity index (χ2n) is 11.1. The molecule has 2 saturated carbocycles. The van der Waals surface area contributed by atoms with Crippen molar-refractivity contribution in [2.24, 2.45) is 22.7 Å². The van der Waals surface area contributed by atoms with Gasteiger partial charge in [-0.15, -0.1) is 0 Å². The Morgan fingerprint density at radius 2 is 1.85 bits per heavy atom. The molecule has 3 fully saturated rings. The van der Waals surface area contributed by atoms with E-state index in [1.807, 2.05) is 0 Å². The van der Waals surface area contributed by atoms with Crippen LogP contribution >= 0.6 is 0 Å². The van der Waals surface area contributed by atoms with Crippen molar-refractivity contribution in [2.45, 2.75) is 89.5 Å². The van der Waals surface area contributed by atoms with Gasteiger partial charge in [0.25, 0.3) is 0 Å². The third kappa shape index (κ3) is 5.44. The SMILES string of the molecule is C=C1CC[C@@H]2[C@](C)(CO[C@@H]3O[C@H](CO)[C@@H](O)[C@H](O)[C@H]3O)CCC[C@@]2(C)[C@@H]1CCC(=CCO)CO. The average Bonchev–Trinajstić information content (AvgIpc) is 2.80. The number of aliphatic hydroxyl groups excluding tert-OH is 6. The van der Waals surface area contributed by atoms with Crippen molar-refractivity contribution in [2.75, 3.05) is 26.4 Å². The van der Waals surface area contributed by atoms with E-state index in [1.165, 1.54) is 5.57 Å². The summed E-state index contributed by atoms with van der Waals surface area (Å²) in [7, 11) is 0. The van der Waals surface area contributed by atoms with Crippen LogP contribution in [-0.4, -0.2) is 87.8 Å². The topological polar surface area (TPSA) is 140 Å². The monoisotopic (exact) mass is 484 g/mol. The van der Waals surface area contributed by atoms with Crippen LogP contribution in [0.4, 0.5) is 0 Å². The van der Waals surface area contributed by atoms with Crippen LogP contribution in [0.15, 0.2) is 23.8 Å². The molecule has 8 heteroatoms. The first-order valence-electron chi connectivity index (χ1n) is 12.6. The van der Waals surface area contributed by atoms with Gasteiger partial charge in [0.2, 0.25) is 0 Å². The average molecular weight is 485 g/mol. The standard InChI is InChI=1S/C26H44O8/c1-16-5-8-20-25(2,15-33-24-23(32)22(31)21(30)19(14-29)34-24)10-4-11-26(20,3)18(16)7-6-17(13-28)9-12-27/h9,18-24,27-32H,1,4-8,10-15H2,2-3H3/t18-,19-,20-,21-,22+,23-,24-,25+,26+/m1/s1. The summed E-state index contributed by atoms with van der Waals surface area (Å²) in [6, 6.07) is 0. The molecule has 0 aromatic carbocycles. The number of rotatable bonds is 9. The van der Waals surface area contributed by atoms with Gasteiger partial charge in [0, 0.05) is 0 Å². The molecule has 8 nitrogen and oxygen atoms in total. The fourth-order valence-corrected chi connectivity index (χ4v) is 6.97. The zero-order chi connectivity index (χ0) is 25.1. The fourth-order valence-electron chi connectivity index (χ4n) is 6.97. The Hall–Kier alpha value is -0.840. The number of aliphatic hydroxyl groups is 6. The highest BCUT2D eigenvalue weighted by atomic mass is 16.7. The summed E-state index contributed by atoms with van der Waals surface area (Å²) in [5, 5.41) is 58.8. The van der Waals surface area contributed by atoms with Crippen LogP contribution in [0, 0.1) is 22.7 Å². The van der Waals surface area contributed by atoms with Crippen LogP contribution in [0.1, 0.15) is 58.8 Å². The van der Waals surface area contributed by atoms with Crippen LogP contribution in [0.3, 0.4) is 0 Å². The Morgan fingerprint density at radius 1 is 1.12 bits per heavy atom. The molecule has 1 saturated heterocycles. The van der Waals surface area contributed by atoms with Gasteiger partial charge in [0.1, 0.15) is 24.4 Å². The Morgan fingerprint density at radius 3 is 2.50 bits per heavy atom. The van der Waals surface area contributed by atoms with E-state index in [1.54, 1.807) is 6.08 Å². The van der Waals surface area contributed by atoms with E-state index in [-0.39, 0.29) is 24.0 Å². The van der Waals surface area contributed by atoms with Crippen LogP contribution < -0.4 is 0 Å². The molecule has 0 bridgehead atoms. The van der Waals surface area contributed by atoms with Crippen molar-refractivity contribution < 1.29 is 40.1 Å². The Kier molecular flexibility index (Phi) is 9.36. The maximum atomic E-state index is 10.4. The third-order valence-corrected chi connectivity index (χ3v) is 8.91. The van der Waals surface area contributed by atoms with Crippen molar-refractivity contribution >= 4 is 0 Å². The molecule has 3 aliphatic rings. The lowest BCUT2D eigenvalue weighted by Gasteiger charge is -2.59. The molecule has 0 aromatic heterocycles. The van der Waals surface area contributed by atoms with Crippen molar-refractivity contribution in [3.8, 4) is 0 Å². The molecular formula is C26H44O8. The minimum Gasteiger partial charge on any atom is -0.394 e. The molecule has 0 aromatic rings. The van der Waals surface area contributed by atoms with Gasteiger partial charge in [-0.3, -0.25) is 0 Å². The molecule has 1 aliphatic heterocycles. The first-order valence-corrected chi connectivity index (χ1v) is 12.6. The number of hydrogen-bond donors (Lipinski definition) is 6. The minimum absolute atomic E-state index is 0.0147. The van der Waals surface area contributed by atoms with E-state index < -0.39 is 37.3 Å². The van der Waals surface area contributed by atoms with E-state index >= 15 is 0 Å². The number of allylic oxidation sites excluding steroid dienone is 1. The first kappa shape index (κ1) is 27.7. The maximum absolute atomic E-state index is 10.4. The largest absolute Gasteiger partial charge is 0.394 e. The fraction of sp³-hybridized carbons (Fsp3) is 0.846. The highest BCUT2D eigenvalue weighted by molar-refractivity contribution is 5.17. The molecule has 9 atom stereocenters. The van der Waals surface area contributed by atoms with Crippen molar-refractivity contribution in [1.82, 2.24) is 0 Å². The summed E-state index contributed by atoms with van der Waals surface area (Å²) in [5.41, 5.74) is 1.94. The van der Waals surface area contributed by atoms with Crippen molar-refractivity contribution in [3.63, 3.8) is 0 Å². The van der Waals surface area contributed by atoms with Crippen LogP contribution in [0.25, 0.3) is 0 Å². The summed E-state index contributed by atoms with van der Waals surface area (Å²) in [5.74, 6) is 0.653. The molecular weight excluding hydrogens is 440 g/mol. The lowest BCUT2D eigenvalue weighted by Crippen LogP contribution is -2.60. The summed E-state index contributed by atoms with van der Waals surface area (Å²) < 4.78 is 11.6. The second-order valence-corrected chi connectivity index (χ2v) is 11.1. The van der Waals surface area contributed by atoms with E-state index in [4.69, 9.17) is 9.47 Å². The van der Waals surface area contributed by atoms with Crippen LogP contribution in [0.5, 0.6) is 0 Å². The van der Waals surface area contributed by atoms with Gasteiger partial charge < -0.3 is 40.1 Å². The summed E-state index contributed by atoms with van der Waals surface area (Å²) in [4.78, 5) is 0. The van der Waals surface area contributed by atoms with Crippen molar-refractivity contribution in [1.29, 1.82) is 0 Å². The zero-order valence-corrected chi connectivity index (χ0v) is 20.6. The molecule has 3 rings (SSSR count).